The van der Waals surface area contributed by atoms with Crippen LogP contribution >= 0.6 is 0 Å². The van der Waals surface area contributed by atoms with Crippen LogP contribution in [0.25, 0.3) is 82.6 Å². The van der Waals surface area contributed by atoms with E-state index in [2.05, 4.69) is 79.1 Å². The fourth-order valence-corrected chi connectivity index (χ4v) is 7.81. The van der Waals surface area contributed by atoms with Gasteiger partial charge in [-0.3, -0.25) is 4.57 Å². The largest absolute Gasteiger partial charge is 0.278 e. The first-order valence-electron chi connectivity index (χ1n) is 18.0. The smallest absolute Gasteiger partial charge is 0.235 e. The SMILES string of the molecule is [2H]c1c([2H])c([2H])c(-c2nc(-n3c4ccccc4c4cc5ccc6c(c5cc43)C(C)(C)c3ccccc3-6)nc3c2ccc2ccccc23)c([2H])c1[2H]. The molecule has 0 unspecified atom stereocenters. The Balaban J connectivity index is 1.37. The Morgan fingerprint density at radius 2 is 1.35 bits per heavy atom. The fourth-order valence-electron chi connectivity index (χ4n) is 7.81. The van der Waals surface area contributed by atoms with E-state index in [9.17, 15) is 0 Å². The minimum atomic E-state index is -0.440. The Labute approximate surface area is 273 Å². The summed E-state index contributed by atoms with van der Waals surface area (Å²) in [5.41, 5.74) is 7.69. The van der Waals surface area contributed by atoms with Crippen molar-refractivity contribution >= 4 is 54.3 Å². The van der Waals surface area contributed by atoms with E-state index in [1.54, 1.807) is 0 Å². The minimum Gasteiger partial charge on any atom is -0.278 e. The van der Waals surface area contributed by atoms with Crippen molar-refractivity contribution in [3.8, 4) is 28.3 Å². The number of fused-ring (bicyclic) bond motifs is 11. The number of aromatic nitrogens is 3. The Morgan fingerprint density at radius 3 is 2.24 bits per heavy atom. The van der Waals surface area contributed by atoms with Gasteiger partial charge in [-0.15, -0.1) is 0 Å². The van der Waals surface area contributed by atoms with Gasteiger partial charge in [-0.05, 0) is 62.7 Å². The van der Waals surface area contributed by atoms with Crippen LogP contribution in [0.4, 0.5) is 0 Å². The van der Waals surface area contributed by atoms with Crippen LogP contribution < -0.4 is 0 Å². The van der Waals surface area contributed by atoms with Crippen LogP contribution in [0.5, 0.6) is 0 Å². The summed E-state index contributed by atoms with van der Waals surface area (Å²) in [5.74, 6) is 0.362. The molecule has 0 bridgehead atoms. The number of benzene rings is 7. The second kappa shape index (κ2) is 9.12. The number of hydrogen-bond donors (Lipinski definition) is 0. The van der Waals surface area contributed by atoms with E-state index < -0.39 is 18.1 Å². The van der Waals surface area contributed by atoms with Gasteiger partial charge in [0.1, 0.15) is 0 Å². The summed E-state index contributed by atoms with van der Waals surface area (Å²) in [6.45, 7) is 4.58. The highest BCUT2D eigenvalue weighted by Crippen LogP contribution is 2.52. The second-order valence-corrected chi connectivity index (χ2v) is 12.7. The topological polar surface area (TPSA) is 30.7 Å². The highest BCUT2D eigenvalue weighted by atomic mass is 15.2. The lowest BCUT2D eigenvalue weighted by Crippen LogP contribution is -2.15. The molecule has 46 heavy (non-hydrogen) atoms. The number of para-hydroxylation sites is 1. The fraction of sp³-hybridized carbons (Fsp3) is 0.0698. The zero-order chi connectivity index (χ0) is 34.9. The lowest BCUT2D eigenvalue weighted by Gasteiger charge is -2.23. The third-order valence-electron chi connectivity index (χ3n) is 9.84. The summed E-state index contributed by atoms with van der Waals surface area (Å²) in [5, 5.41) is 6.88. The van der Waals surface area contributed by atoms with Gasteiger partial charge < -0.3 is 0 Å². The highest BCUT2D eigenvalue weighted by Gasteiger charge is 2.36. The predicted molar refractivity (Wildman–Crippen MR) is 192 cm³/mol. The first-order chi connectivity index (χ1) is 24.6. The van der Waals surface area contributed by atoms with Crippen molar-refractivity contribution < 1.29 is 6.85 Å². The summed E-state index contributed by atoms with van der Waals surface area (Å²) in [6.07, 6.45) is 0. The van der Waals surface area contributed by atoms with Crippen molar-refractivity contribution in [3.05, 3.63) is 151 Å². The number of rotatable bonds is 2. The van der Waals surface area contributed by atoms with Crippen LogP contribution in [0.1, 0.15) is 31.8 Å². The quantitative estimate of drug-likeness (QED) is 0.187. The molecule has 0 spiro atoms. The maximum atomic E-state index is 8.93. The van der Waals surface area contributed by atoms with E-state index >= 15 is 0 Å². The molecule has 9 aromatic rings. The molecule has 216 valence electrons. The van der Waals surface area contributed by atoms with Gasteiger partial charge in [0.2, 0.25) is 5.95 Å². The molecule has 2 heterocycles. The van der Waals surface area contributed by atoms with Crippen molar-refractivity contribution in [2.75, 3.05) is 0 Å². The molecular weight excluding hydrogens is 558 g/mol. The van der Waals surface area contributed by atoms with Crippen LogP contribution in [-0.4, -0.2) is 14.5 Å². The summed E-state index contributed by atoms with van der Waals surface area (Å²) in [6, 6.07) is 35.8. The molecule has 3 nitrogen and oxygen atoms in total. The Bertz CT molecular complexity index is 2990. The molecule has 1 aliphatic rings. The molecule has 10 rings (SSSR count). The molecule has 0 atom stereocenters. The average Bonchev–Trinajstić information content (AvgIpc) is 3.60. The Kier molecular flexibility index (Phi) is 4.17. The van der Waals surface area contributed by atoms with Gasteiger partial charge in [-0.25, -0.2) is 9.97 Å². The van der Waals surface area contributed by atoms with Crippen molar-refractivity contribution in [1.29, 1.82) is 0 Å². The van der Waals surface area contributed by atoms with E-state index in [1.807, 2.05) is 48.5 Å². The van der Waals surface area contributed by atoms with Crippen LogP contribution in [0.3, 0.4) is 0 Å². The molecule has 7 aromatic carbocycles. The molecule has 2 aromatic heterocycles. The third-order valence-corrected chi connectivity index (χ3v) is 9.84. The highest BCUT2D eigenvalue weighted by molar-refractivity contribution is 6.15. The zero-order valence-electron chi connectivity index (χ0n) is 30.2. The molecule has 0 amide bonds. The lowest BCUT2D eigenvalue weighted by atomic mass is 9.80. The van der Waals surface area contributed by atoms with Crippen molar-refractivity contribution in [2.24, 2.45) is 0 Å². The normalized spacial score (nSPS) is 15.1. The summed E-state index contributed by atoms with van der Waals surface area (Å²) in [7, 11) is 0. The molecule has 0 aliphatic heterocycles. The van der Waals surface area contributed by atoms with Crippen LogP contribution in [0.2, 0.25) is 0 Å². The maximum absolute atomic E-state index is 8.93. The number of hydrogen-bond acceptors (Lipinski definition) is 2. The predicted octanol–water partition coefficient (Wildman–Crippen LogP) is 11.0. The van der Waals surface area contributed by atoms with Crippen LogP contribution in [-0.2, 0) is 5.41 Å². The zero-order valence-corrected chi connectivity index (χ0v) is 25.2. The Hall–Kier alpha value is -5.80. The summed E-state index contributed by atoms with van der Waals surface area (Å²) >= 11 is 0. The van der Waals surface area contributed by atoms with Gasteiger partial charge in [0.25, 0.3) is 0 Å². The second-order valence-electron chi connectivity index (χ2n) is 12.7. The first kappa shape index (κ1) is 21.0. The van der Waals surface area contributed by atoms with Crippen molar-refractivity contribution in [3.63, 3.8) is 0 Å². The molecule has 3 heteroatoms. The summed E-state index contributed by atoms with van der Waals surface area (Å²) < 4.78 is 45.2. The molecule has 0 fully saturated rings. The van der Waals surface area contributed by atoms with Crippen molar-refractivity contribution in [2.45, 2.75) is 19.3 Å². The summed E-state index contributed by atoms with van der Waals surface area (Å²) in [4.78, 5) is 10.4. The van der Waals surface area contributed by atoms with E-state index in [4.69, 9.17) is 16.8 Å². The van der Waals surface area contributed by atoms with Gasteiger partial charge in [0, 0.05) is 32.5 Å². The van der Waals surface area contributed by atoms with Crippen LogP contribution in [0, 0.1) is 0 Å². The van der Waals surface area contributed by atoms with Gasteiger partial charge >= 0.3 is 0 Å². The van der Waals surface area contributed by atoms with Crippen molar-refractivity contribution in [1.82, 2.24) is 14.5 Å². The molecule has 0 N–H and O–H groups in total. The minimum absolute atomic E-state index is 0.0495. The molecule has 1 aliphatic carbocycles. The van der Waals surface area contributed by atoms with E-state index in [0.717, 1.165) is 43.4 Å². The van der Waals surface area contributed by atoms with E-state index in [-0.39, 0.29) is 23.1 Å². The third kappa shape index (κ3) is 3.37. The van der Waals surface area contributed by atoms with E-state index in [0.29, 0.717) is 22.5 Å². The van der Waals surface area contributed by atoms with Gasteiger partial charge in [-0.1, -0.05) is 129 Å². The first-order valence-corrected chi connectivity index (χ1v) is 15.5. The molecule has 0 saturated heterocycles. The Morgan fingerprint density at radius 1 is 0.587 bits per heavy atom. The van der Waals surface area contributed by atoms with Gasteiger partial charge in [0.05, 0.1) is 29.1 Å². The average molecular weight is 593 g/mol. The van der Waals surface area contributed by atoms with Gasteiger partial charge in [0.15, 0.2) is 0 Å². The molecule has 0 radical (unpaired) electrons. The van der Waals surface area contributed by atoms with Crippen LogP contribution in [0.15, 0.2) is 139 Å². The standard InChI is InChI=1S/C43H29N3/c1-43(2)36-18-10-8-16-30(36)32-22-21-28-24-35-31-17-9-11-19-37(31)46(38(35)25-34(28)39(32)43)42-44-40(27-13-4-3-5-14-27)33-23-20-26-12-6-7-15-29(26)41(33)45-42/h3-25H,1-2H3/i3D,4D,5D,13D,14D. The lowest BCUT2D eigenvalue weighted by molar-refractivity contribution is 0.666. The molecular formula is C43H29N3. The molecule has 0 saturated carbocycles. The van der Waals surface area contributed by atoms with Gasteiger partial charge in [-0.2, -0.15) is 0 Å². The maximum Gasteiger partial charge on any atom is 0.235 e. The van der Waals surface area contributed by atoms with E-state index in [1.165, 1.54) is 22.3 Å². The monoisotopic (exact) mass is 592 g/mol. The number of nitrogens with zero attached hydrogens (tertiary/aromatic N) is 3.